The summed E-state index contributed by atoms with van der Waals surface area (Å²) in [6.45, 7) is 1.11. The van der Waals surface area contributed by atoms with Gasteiger partial charge in [0, 0.05) is 17.2 Å². The van der Waals surface area contributed by atoms with Crippen LogP contribution >= 0.6 is 0 Å². The number of carbonyl (C=O) groups is 1. The molecule has 0 spiro atoms. The number of hydrogen-bond acceptors (Lipinski definition) is 4. The van der Waals surface area contributed by atoms with Crippen LogP contribution in [0, 0.1) is 11.6 Å². The lowest BCUT2D eigenvalue weighted by atomic mass is 10.0. The summed E-state index contributed by atoms with van der Waals surface area (Å²) < 4.78 is 27.1. The van der Waals surface area contributed by atoms with Crippen molar-refractivity contribution in [3.63, 3.8) is 0 Å². The summed E-state index contributed by atoms with van der Waals surface area (Å²) in [6.07, 6.45) is 0. The van der Waals surface area contributed by atoms with Crippen molar-refractivity contribution < 1.29 is 33.4 Å². The number of nitrogens with zero attached hydrogens (tertiary/aromatic N) is 1. The molecule has 0 aliphatic carbocycles. The zero-order valence-electron chi connectivity index (χ0n) is 14.3. The first-order chi connectivity index (χ1) is 11.5. The number of carboxylic acid groups (broad SMARTS) is 1. The molecule has 0 radical (unpaired) electrons. The number of benzene rings is 2. The summed E-state index contributed by atoms with van der Waals surface area (Å²) in [5.74, 6) is -3.58. The van der Waals surface area contributed by atoms with Crippen molar-refractivity contribution >= 4 is 5.97 Å². The van der Waals surface area contributed by atoms with Crippen molar-refractivity contribution in [2.24, 2.45) is 0 Å². The first-order valence-corrected chi connectivity index (χ1v) is 7.46. The van der Waals surface area contributed by atoms with Crippen LogP contribution in [-0.2, 0) is 0 Å². The summed E-state index contributed by atoms with van der Waals surface area (Å²) in [5.41, 5.74) is -0.195. The zero-order valence-corrected chi connectivity index (χ0v) is 14.3. The Kier molecular flexibility index (Phi) is 7.02. The number of rotatable bonds is 4. The number of hydrogen-bond donors (Lipinski definition) is 2. The summed E-state index contributed by atoms with van der Waals surface area (Å²) >= 11 is 0. The van der Waals surface area contributed by atoms with Gasteiger partial charge in [-0.25, -0.2) is 8.78 Å². The highest BCUT2D eigenvalue weighted by molar-refractivity contribution is 5.91. The summed E-state index contributed by atoms with van der Waals surface area (Å²) in [5, 5.41) is 28.4. The molecule has 0 bridgehead atoms. The van der Waals surface area contributed by atoms with E-state index in [-0.39, 0.29) is 17.7 Å². The Morgan fingerprint density at radius 2 is 1.76 bits per heavy atom. The molecule has 25 heavy (non-hydrogen) atoms. The molecule has 2 rings (SSSR count). The van der Waals surface area contributed by atoms with E-state index in [0.717, 1.165) is 29.2 Å². The van der Waals surface area contributed by atoms with Crippen molar-refractivity contribution in [2.45, 2.75) is 0 Å². The molecule has 0 saturated heterocycles. The van der Waals surface area contributed by atoms with Gasteiger partial charge in [0.05, 0.1) is 33.7 Å². The topological polar surface area (TPSA) is 80.6 Å². The van der Waals surface area contributed by atoms with Gasteiger partial charge in [0.25, 0.3) is 0 Å². The molecule has 0 amide bonds. The lowest BCUT2D eigenvalue weighted by molar-refractivity contribution is -0.870. The molecule has 0 fully saturated rings. The molecule has 0 saturated carbocycles. The van der Waals surface area contributed by atoms with Crippen LogP contribution in [0.25, 0.3) is 11.1 Å². The molecule has 0 aliphatic rings. The third-order valence-corrected chi connectivity index (χ3v) is 3.23. The van der Waals surface area contributed by atoms with Crippen LogP contribution in [0.15, 0.2) is 36.4 Å². The molecule has 2 N–H and O–H groups in total. The number of aromatic hydroxyl groups is 1. The molecule has 7 heteroatoms. The molecule has 5 nitrogen and oxygen atoms in total. The second-order valence-corrected chi connectivity index (χ2v) is 6.38. The first kappa shape index (κ1) is 20.5. The van der Waals surface area contributed by atoms with Gasteiger partial charge in [0.15, 0.2) is 0 Å². The molecule has 0 unspecified atom stereocenters. The molecule has 2 aromatic rings. The lowest BCUT2D eigenvalue weighted by Gasteiger charge is -2.21. The highest BCUT2D eigenvalue weighted by Crippen LogP contribution is 2.27. The van der Waals surface area contributed by atoms with E-state index >= 15 is 0 Å². The van der Waals surface area contributed by atoms with E-state index < -0.39 is 28.9 Å². The van der Waals surface area contributed by atoms with E-state index in [4.69, 9.17) is 5.11 Å². The SMILES string of the molecule is C[N+](C)(C)CCO.O=C([O-])c1cc(-c2ccc(F)cc2F)ccc1O. The average molecular weight is 353 g/mol. The highest BCUT2D eigenvalue weighted by Gasteiger charge is 2.09. The minimum absolute atomic E-state index is 0.0406. The monoisotopic (exact) mass is 353 g/mol. The Hall–Kier alpha value is -2.51. The van der Waals surface area contributed by atoms with Gasteiger partial charge in [-0.2, -0.15) is 0 Å². The lowest BCUT2D eigenvalue weighted by Crippen LogP contribution is -2.36. The van der Waals surface area contributed by atoms with E-state index in [2.05, 4.69) is 21.1 Å². The smallest absolute Gasteiger partial charge is 0.133 e. The molecule has 136 valence electrons. The van der Waals surface area contributed by atoms with E-state index in [1.54, 1.807) is 0 Å². The van der Waals surface area contributed by atoms with Crippen LogP contribution in [0.5, 0.6) is 5.75 Å². The van der Waals surface area contributed by atoms with Crippen molar-refractivity contribution in [2.75, 3.05) is 34.3 Å². The average Bonchev–Trinajstić information content (AvgIpc) is 2.47. The summed E-state index contributed by atoms with van der Waals surface area (Å²) in [6, 6.07) is 6.46. The van der Waals surface area contributed by atoms with Gasteiger partial charge >= 0.3 is 0 Å². The quantitative estimate of drug-likeness (QED) is 0.814. The van der Waals surface area contributed by atoms with Crippen LogP contribution in [0.4, 0.5) is 8.78 Å². The Labute approximate surface area is 145 Å². The fourth-order valence-electron chi connectivity index (χ4n) is 1.89. The Bertz CT molecular complexity index is 742. The van der Waals surface area contributed by atoms with Gasteiger partial charge in [-0.15, -0.1) is 0 Å². The van der Waals surface area contributed by atoms with Crippen molar-refractivity contribution in [1.82, 2.24) is 0 Å². The Balaban J connectivity index is 0.000000381. The number of halogens is 2. The van der Waals surface area contributed by atoms with Crippen LogP contribution in [0.3, 0.4) is 0 Å². The molecule has 0 atom stereocenters. The van der Waals surface area contributed by atoms with E-state index in [9.17, 15) is 23.8 Å². The third-order valence-electron chi connectivity index (χ3n) is 3.23. The van der Waals surface area contributed by atoms with E-state index in [0.29, 0.717) is 6.07 Å². The Morgan fingerprint density at radius 3 is 2.20 bits per heavy atom. The van der Waals surface area contributed by atoms with Gasteiger partial charge in [-0.05, 0) is 29.8 Å². The predicted octanol–water partition coefficient (Wildman–Crippen LogP) is 1.39. The second kappa shape index (κ2) is 8.55. The van der Waals surface area contributed by atoms with Gasteiger partial charge in [0.1, 0.15) is 23.9 Å². The minimum atomic E-state index is -1.57. The molecule has 0 heterocycles. The molecular weight excluding hydrogens is 332 g/mol. The number of carboxylic acids is 1. The molecule has 2 aromatic carbocycles. The number of likely N-dealkylation sites (N-methyl/N-ethyl adjacent to an activating group) is 1. The van der Waals surface area contributed by atoms with E-state index in [1.807, 2.05) is 0 Å². The number of aromatic carboxylic acids is 1. The summed E-state index contributed by atoms with van der Waals surface area (Å²) in [7, 11) is 6.16. The van der Waals surface area contributed by atoms with Gasteiger partial charge in [0.2, 0.25) is 0 Å². The maximum absolute atomic E-state index is 13.5. The fourth-order valence-corrected chi connectivity index (χ4v) is 1.89. The van der Waals surface area contributed by atoms with E-state index in [1.165, 1.54) is 12.1 Å². The maximum Gasteiger partial charge on any atom is 0.133 e. The second-order valence-electron chi connectivity index (χ2n) is 6.38. The minimum Gasteiger partial charge on any atom is -0.545 e. The normalized spacial score (nSPS) is 10.8. The van der Waals surface area contributed by atoms with Crippen LogP contribution in [0.2, 0.25) is 0 Å². The number of quaternary nitrogens is 1. The van der Waals surface area contributed by atoms with Gasteiger partial charge in [-0.3, -0.25) is 0 Å². The number of phenols is 1. The zero-order chi connectivity index (χ0) is 19.2. The van der Waals surface area contributed by atoms with Crippen LogP contribution < -0.4 is 5.11 Å². The number of aliphatic hydroxyl groups is 1. The third kappa shape index (κ3) is 6.48. The molecule has 0 aromatic heterocycles. The molecular formula is C18H21F2NO4. The van der Waals surface area contributed by atoms with Crippen molar-refractivity contribution in [3.8, 4) is 16.9 Å². The van der Waals surface area contributed by atoms with Crippen LogP contribution in [-0.4, -0.2) is 55.0 Å². The fraction of sp³-hybridized carbons (Fsp3) is 0.278. The van der Waals surface area contributed by atoms with Crippen LogP contribution in [0.1, 0.15) is 10.4 Å². The largest absolute Gasteiger partial charge is 0.545 e. The van der Waals surface area contributed by atoms with Gasteiger partial charge < -0.3 is 24.6 Å². The Morgan fingerprint density at radius 1 is 1.12 bits per heavy atom. The summed E-state index contributed by atoms with van der Waals surface area (Å²) in [4.78, 5) is 10.7. The van der Waals surface area contributed by atoms with Crippen molar-refractivity contribution in [3.05, 3.63) is 53.6 Å². The maximum atomic E-state index is 13.5. The number of aliphatic hydroxyl groups excluding tert-OH is 1. The highest BCUT2D eigenvalue weighted by atomic mass is 19.1. The first-order valence-electron chi connectivity index (χ1n) is 7.46. The standard InChI is InChI=1S/C13H8F2O3.C5H14NO/c14-8-2-3-9(11(15)6-8)7-1-4-12(16)10(5-7)13(17)18;1-6(2,3)4-5-7/h1-6,16H,(H,17,18);7H,4-5H2,1-3H3/q;+1/p-1. The number of carbonyl (C=O) groups excluding carboxylic acids is 1. The predicted molar refractivity (Wildman–Crippen MR) is 87.8 cm³/mol. The van der Waals surface area contributed by atoms with Crippen molar-refractivity contribution in [1.29, 1.82) is 0 Å². The molecule has 0 aliphatic heterocycles. The van der Waals surface area contributed by atoms with Gasteiger partial charge in [-0.1, -0.05) is 6.07 Å².